The summed E-state index contributed by atoms with van der Waals surface area (Å²) in [5.74, 6) is 0. The maximum atomic E-state index is 0. The molecule has 0 saturated heterocycles. The molecule has 0 atom stereocenters. The first kappa shape index (κ1) is 55.2. The van der Waals surface area contributed by atoms with Crippen LogP contribution in [0.2, 0.25) is 0 Å². The van der Waals surface area contributed by atoms with Crippen LogP contribution in [0.5, 0.6) is 0 Å². The number of hydrogen-bond acceptors (Lipinski definition) is 3. The van der Waals surface area contributed by atoms with Crippen LogP contribution in [0.3, 0.4) is 0 Å². The molecule has 0 aromatic carbocycles. The SMILES string of the molecule is [K+].[Mg+2].[OH-].[OH-].[OH-]. The van der Waals surface area contributed by atoms with Gasteiger partial charge in [-0.1, -0.05) is 0 Å². The van der Waals surface area contributed by atoms with Crippen LogP contribution in [0.1, 0.15) is 0 Å². The van der Waals surface area contributed by atoms with Crippen molar-refractivity contribution < 1.29 is 67.8 Å². The second-order valence-electron chi connectivity index (χ2n) is 0. The molecule has 5 heteroatoms. The van der Waals surface area contributed by atoms with Crippen LogP contribution in [0.15, 0.2) is 0 Å². The quantitative estimate of drug-likeness (QED) is 0.301. The van der Waals surface area contributed by atoms with Gasteiger partial charge in [0.05, 0.1) is 0 Å². The first-order valence-electron chi connectivity index (χ1n) is 0. The largest absolute Gasteiger partial charge is 2.00 e. The second-order valence-corrected chi connectivity index (χ2v) is 0. The molecule has 0 spiro atoms. The molecule has 0 unspecified atom stereocenters. The summed E-state index contributed by atoms with van der Waals surface area (Å²) in [7, 11) is 0. The Labute approximate surface area is 89.0 Å². The molecule has 3 nitrogen and oxygen atoms in total. The standard InChI is InChI=1S/K.Mg.3H2O/h;;3*1H2/q+1;+2;;;/p-3. The van der Waals surface area contributed by atoms with Crippen LogP contribution in [0, 0.1) is 0 Å². The Hall–Kier alpha value is 2.28. The van der Waals surface area contributed by atoms with Crippen LogP contribution in [0.4, 0.5) is 0 Å². The topological polar surface area (TPSA) is 90.0 Å². The Bertz CT molecular complexity index is 6.85. The van der Waals surface area contributed by atoms with Crippen molar-refractivity contribution in [3.63, 3.8) is 0 Å². The van der Waals surface area contributed by atoms with Gasteiger partial charge in [-0.3, -0.25) is 0 Å². The molecule has 0 saturated carbocycles. The Kier molecular flexibility index (Phi) is 371. The first-order chi connectivity index (χ1) is 0. The number of rotatable bonds is 0. The summed E-state index contributed by atoms with van der Waals surface area (Å²) in [5.41, 5.74) is 0. The minimum atomic E-state index is 0. The van der Waals surface area contributed by atoms with Gasteiger partial charge in [0.15, 0.2) is 0 Å². The molecule has 0 rings (SSSR count). The van der Waals surface area contributed by atoms with Crippen LogP contribution in [0.25, 0.3) is 0 Å². The Morgan fingerprint density at radius 2 is 0.600 bits per heavy atom. The van der Waals surface area contributed by atoms with Crippen molar-refractivity contribution in [2.45, 2.75) is 0 Å². The van der Waals surface area contributed by atoms with Crippen molar-refractivity contribution in [2.24, 2.45) is 0 Å². The van der Waals surface area contributed by atoms with Gasteiger partial charge in [0.1, 0.15) is 0 Å². The van der Waals surface area contributed by atoms with Gasteiger partial charge in [-0.15, -0.1) is 0 Å². The fourth-order valence-electron chi connectivity index (χ4n) is 0. The molecule has 3 N–H and O–H groups in total. The average Bonchev–Trinajstić information content (AvgIpc) is 0. The molecular formula is H3KMgO3. The maximum Gasteiger partial charge on any atom is 2.00 e. The van der Waals surface area contributed by atoms with E-state index >= 15 is 0 Å². The smallest absolute Gasteiger partial charge is 0.870 e. The average molecular weight is 114 g/mol. The molecular weight excluding hydrogens is 111 g/mol. The third kappa shape index (κ3) is 22.1. The van der Waals surface area contributed by atoms with Crippen molar-refractivity contribution in [3.05, 3.63) is 0 Å². The molecule has 5 heavy (non-hydrogen) atoms. The molecule has 0 aromatic rings. The van der Waals surface area contributed by atoms with E-state index in [-0.39, 0.29) is 90.9 Å². The molecule has 0 heterocycles. The summed E-state index contributed by atoms with van der Waals surface area (Å²) in [6.07, 6.45) is 0. The Morgan fingerprint density at radius 1 is 0.600 bits per heavy atom. The van der Waals surface area contributed by atoms with Gasteiger partial charge in [-0.25, -0.2) is 0 Å². The normalized spacial score (nSPS) is 0. The predicted octanol–water partition coefficient (Wildman–Crippen LogP) is -3.91. The number of hydrogen-bond donors (Lipinski definition) is 0. The van der Waals surface area contributed by atoms with Crippen LogP contribution in [-0.2, 0) is 0 Å². The zero-order chi connectivity index (χ0) is 0. The van der Waals surface area contributed by atoms with Gasteiger partial charge in [0.2, 0.25) is 0 Å². The predicted molar refractivity (Wildman–Crippen MR) is 11.6 cm³/mol. The van der Waals surface area contributed by atoms with Crippen molar-refractivity contribution in [1.82, 2.24) is 0 Å². The zero-order valence-electron chi connectivity index (χ0n) is 3.05. The molecule has 0 aliphatic carbocycles. The molecule has 24 valence electrons. The van der Waals surface area contributed by atoms with Gasteiger partial charge >= 0.3 is 74.4 Å². The summed E-state index contributed by atoms with van der Waals surface area (Å²) in [4.78, 5) is 0. The van der Waals surface area contributed by atoms with E-state index < -0.39 is 0 Å². The molecule has 0 amide bonds. The molecule has 0 radical (unpaired) electrons. The summed E-state index contributed by atoms with van der Waals surface area (Å²) >= 11 is 0. The summed E-state index contributed by atoms with van der Waals surface area (Å²) < 4.78 is 0. The fourth-order valence-corrected chi connectivity index (χ4v) is 0. The molecule has 0 aliphatic heterocycles. The van der Waals surface area contributed by atoms with Gasteiger partial charge in [0, 0.05) is 0 Å². The van der Waals surface area contributed by atoms with E-state index in [1.54, 1.807) is 0 Å². The van der Waals surface area contributed by atoms with E-state index in [0.29, 0.717) is 0 Å². The Morgan fingerprint density at radius 3 is 0.600 bits per heavy atom. The molecule has 0 aromatic heterocycles. The minimum Gasteiger partial charge on any atom is -0.870 e. The van der Waals surface area contributed by atoms with Crippen LogP contribution >= 0.6 is 0 Å². The van der Waals surface area contributed by atoms with Gasteiger partial charge in [-0.05, 0) is 0 Å². The molecule has 0 fully saturated rings. The first-order valence-corrected chi connectivity index (χ1v) is 0. The van der Waals surface area contributed by atoms with Crippen LogP contribution < -0.4 is 51.4 Å². The van der Waals surface area contributed by atoms with E-state index in [0.717, 1.165) is 0 Å². The van der Waals surface area contributed by atoms with Crippen LogP contribution in [-0.4, -0.2) is 39.5 Å². The van der Waals surface area contributed by atoms with E-state index in [9.17, 15) is 0 Å². The van der Waals surface area contributed by atoms with Gasteiger partial charge in [0.25, 0.3) is 0 Å². The van der Waals surface area contributed by atoms with Crippen molar-refractivity contribution in [2.75, 3.05) is 0 Å². The summed E-state index contributed by atoms with van der Waals surface area (Å²) in [6, 6.07) is 0. The van der Waals surface area contributed by atoms with Gasteiger partial charge in [-0.2, -0.15) is 0 Å². The summed E-state index contributed by atoms with van der Waals surface area (Å²) in [6.45, 7) is 0. The van der Waals surface area contributed by atoms with E-state index in [4.69, 9.17) is 0 Å². The van der Waals surface area contributed by atoms with Crippen molar-refractivity contribution in [1.29, 1.82) is 0 Å². The van der Waals surface area contributed by atoms with E-state index in [1.165, 1.54) is 0 Å². The second kappa shape index (κ2) is 33.6. The van der Waals surface area contributed by atoms with Gasteiger partial charge < -0.3 is 16.4 Å². The zero-order valence-corrected chi connectivity index (χ0v) is 7.59. The third-order valence-electron chi connectivity index (χ3n) is 0. The fraction of sp³-hybridized carbons (Fsp3) is 0. The summed E-state index contributed by atoms with van der Waals surface area (Å²) in [5, 5.41) is 0. The third-order valence-corrected chi connectivity index (χ3v) is 0. The van der Waals surface area contributed by atoms with Crippen molar-refractivity contribution >= 4 is 23.1 Å². The Balaban J connectivity index is 0. The maximum absolute atomic E-state index is 0. The minimum absolute atomic E-state index is 0. The monoisotopic (exact) mass is 114 g/mol. The molecule has 0 bridgehead atoms. The van der Waals surface area contributed by atoms with E-state index in [2.05, 4.69) is 0 Å². The molecule has 0 aliphatic rings. The van der Waals surface area contributed by atoms with E-state index in [1.807, 2.05) is 0 Å². The van der Waals surface area contributed by atoms with Crippen molar-refractivity contribution in [3.8, 4) is 0 Å².